The van der Waals surface area contributed by atoms with E-state index in [2.05, 4.69) is 26.3 Å². The third-order valence-corrected chi connectivity index (χ3v) is 4.59. The van der Waals surface area contributed by atoms with Crippen molar-refractivity contribution in [3.05, 3.63) is 53.3 Å². The zero-order chi connectivity index (χ0) is 18.4. The van der Waals surface area contributed by atoms with E-state index in [1.54, 1.807) is 0 Å². The van der Waals surface area contributed by atoms with E-state index in [0.29, 0.717) is 6.54 Å². The predicted octanol–water partition coefficient (Wildman–Crippen LogP) is 4.48. The van der Waals surface area contributed by atoms with E-state index < -0.39 is 11.9 Å². The monoisotopic (exact) mass is 364 g/mol. The molecular formula is C19H23F3N4. The van der Waals surface area contributed by atoms with E-state index in [0.717, 1.165) is 37.5 Å². The second kappa shape index (κ2) is 8.49. The molecule has 0 radical (unpaired) electrons. The van der Waals surface area contributed by atoms with E-state index >= 15 is 0 Å². The maximum absolute atomic E-state index is 12.8. The van der Waals surface area contributed by atoms with Crippen molar-refractivity contribution in [3.63, 3.8) is 0 Å². The molecule has 1 fully saturated rings. The maximum Gasteiger partial charge on any atom is 0.433 e. The van der Waals surface area contributed by atoms with Crippen molar-refractivity contribution in [2.45, 2.75) is 44.9 Å². The number of halogens is 3. The van der Waals surface area contributed by atoms with Gasteiger partial charge < -0.3 is 5.32 Å². The molecule has 1 aliphatic heterocycles. The Bertz CT molecular complexity index is 710. The molecule has 3 rings (SSSR count). The zero-order valence-electron chi connectivity index (χ0n) is 14.6. The van der Waals surface area contributed by atoms with Gasteiger partial charge in [0.15, 0.2) is 0 Å². The van der Waals surface area contributed by atoms with Crippen LogP contribution in [0.5, 0.6) is 0 Å². The Labute approximate surface area is 151 Å². The van der Waals surface area contributed by atoms with Gasteiger partial charge in [-0.05, 0) is 43.1 Å². The molecule has 0 amide bonds. The molecule has 1 aliphatic rings. The van der Waals surface area contributed by atoms with Gasteiger partial charge in [-0.3, -0.25) is 4.90 Å². The standard InChI is InChI=1S/C19H23F3N4/c20-19(21,22)17-9-10-23-18(25-17)24-13-15-7-3-4-8-16(15)14-26-11-5-1-2-6-12-26/h3-4,7-10H,1-2,5-6,11-14H2,(H,23,24,25). The summed E-state index contributed by atoms with van der Waals surface area (Å²) in [7, 11) is 0. The van der Waals surface area contributed by atoms with Crippen LogP contribution in [0.4, 0.5) is 19.1 Å². The predicted molar refractivity (Wildman–Crippen MR) is 94.5 cm³/mol. The third-order valence-electron chi connectivity index (χ3n) is 4.59. The summed E-state index contributed by atoms with van der Waals surface area (Å²) in [5.41, 5.74) is 1.31. The summed E-state index contributed by atoms with van der Waals surface area (Å²) in [5.74, 6) is -0.00981. The lowest BCUT2D eigenvalue weighted by molar-refractivity contribution is -0.141. The Morgan fingerprint density at radius 3 is 2.35 bits per heavy atom. The largest absolute Gasteiger partial charge is 0.433 e. The summed E-state index contributed by atoms with van der Waals surface area (Å²) < 4.78 is 38.3. The second-order valence-electron chi connectivity index (χ2n) is 6.58. The van der Waals surface area contributed by atoms with E-state index in [4.69, 9.17) is 0 Å². The van der Waals surface area contributed by atoms with Crippen molar-refractivity contribution >= 4 is 5.95 Å². The first kappa shape index (κ1) is 18.6. The Balaban J connectivity index is 1.67. The van der Waals surface area contributed by atoms with Gasteiger partial charge in [0, 0.05) is 19.3 Å². The number of hydrogen-bond donors (Lipinski definition) is 1. The smallest absolute Gasteiger partial charge is 0.350 e. The molecule has 2 aromatic rings. The van der Waals surface area contributed by atoms with Crippen LogP contribution < -0.4 is 5.32 Å². The van der Waals surface area contributed by atoms with Crippen LogP contribution in [0.25, 0.3) is 0 Å². The Hall–Kier alpha value is -2.15. The van der Waals surface area contributed by atoms with Gasteiger partial charge in [0.25, 0.3) is 0 Å². The summed E-state index contributed by atoms with van der Waals surface area (Å²) in [6, 6.07) is 8.88. The lowest BCUT2D eigenvalue weighted by Gasteiger charge is -2.21. The number of nitrogens with zero attached hydrogens (tertiary/aromatic N) is 3. The lowest BCUT2D eigenvalue weighted by atomic mass is 10.1. The molecule has 1 aromatic heterocycles. The van der Waals surface area contributed by atoms with E-state index in [1.165, 1.54) is 31.2 Å². The van der Waals surface area contributed by atoms with Crippen LogP contribution in [0, 0.1) is 0 Å². The number of hydrogen-bond acceptors (Lipinski definition) is 4. The molecule has 1 aromatic carbocycles. The summed E-state index contributed by atoms with van der Waals surface area (Å²) >= 11 is 0. The Kier molecular flexibility index (Phi) is 6.08. The topological polar surface area (TPSA) is 41.1 Å². The summed E-state index contributed by atoms with van der Waals surface area (Å²) in [6.45, 7) is 3.45. The highest BCUT2D eigenvalue weighted by molar-refractivity contribution is 5.33. The van der Waals surface area contributed by atoms with Crippen LogP contribution in [-0.2, 0) is 19.3 Å². The highest BCUT2D eigenvalue weighted by atomic mass is 19.4. The molecule has 4 nitrogen and oxygen atoms in total. The molecule has 140 valence electrons. The van der Waals surface area contributed by atoms with Crippen LogP contribution in [0.2, 0.25) is 0 Å². The molecule has 26 heavy (non-hydrogen) atoms. The molecule has 0 spiro atoms. The highest BCUT2D eigenvalue weighted by Crippen LogP contribution is 2.27. The van der Waals surface area contributed by atoms with Gasteiger partial charge >= 0.3 is 6.18 Å². The van der Waals surface area contributed by atoms with Gasteiger partial charge in [-0.15, -0.1) is 0 Å². The van der Waals surface area contributed by atoms with Crippen LogP contribution in [0.3, 0.4) is 0 Å². The number of benzene rings is 1. The minimum Gasteiger partial charge on any atom is -0.350 e. The quantitative estimate of drug-likeness (QED) is 0.849. The second-order valence-corrected chi connectivity index (χ2v) is 6.58. The lowest BCUT2D eigenvalue weighted by Crippen LogP contribution is -2.24. The van der Waals surface area contributed by atoms with E-state index in [-0.39, 0.29) is 5.95 Å². The van der Waals surface area contributed by atoms with Crippen molar-refractivity contribution in [1.82, 2.24) is 14.9 Å². The van der Waals surface area contributed by atoms with Gasteiger partial charge in [-0.2, -0.15) is 13.2 Å². The molecule has 0 bridgehead atoms. The molecule has 0 unspecified atom stereocenters. The Morgan fingerprint density at radius 2 is 1.65 bits per heavy atom. The molecule has 0 aliphatic carbocycles. The molecule has 7 heteroatoms. The maximum atomic E-state index is 12.8. The first-order valence-electron chi connectivity index (χ1n) is 8.95. The van der Waals surface area contributed by atoms with E-state index in [1.807, 2.05) is 18.2 Å². The molecule has 1 saturated heterocycles. The molecule has 2 heterocycles. The zero-order valence-corrected chi connectivity index (χ0v) is 14.6. The normalized spacial score (nSPS) is 16.3. The van der Waals surface area contributed by atoms with Crippen molar-refractivity contribution < 1.29 is 13.2 Å². The summed E-state index contributed by atoms with van der Waals surface area (Å²) in [4.78, 5) is 9.90. The SMILES string of the molecule is FC(F)(F)c1ccnc(NCc2ccccc2CN2CCCCCC2)n1. The number of rotatable bonds is 5. The van der Waals surface area contributed by atoms with Gasteiger partial charge in [0.05, 0.1) is 0 Å². The number of anilines is 1. The molecular weight excluding hydrogens is 341 g/mol. The number of likely N-dealkylation sites (tertiary alicyclic amines) is 1. The van der Waals surface area contributed by atoms with Crippen LogP contribution in [-0.4, -0.2) is 28.0 Å². The van der Waals surface area contributed by atoms with Crippen LogP contribution in [0.15, 0.2) is 36.5 Å². The van der Waals surface area contributed by atoms with Crippen molar-refractivity contribution in [2.75, 3.05) is 18.4 Å². The fraction of sp³-hybridized carbons (Fsp3) is 0.474. The van der Waals surface area contributed by atoms with Crippen molar-refractivity contribution in [3.8, 4) is 0 Å². The molecule has 0 atom stereocenters. The van der Waals surface area contributed by atoms with Crippen LogP contribution >= 0.6 is 0 Å². The average Bonchev–Trinajstić information content (AvgIpc) is 2.89. The first-order chi connectivity index (χ1) is 12.5. The summed E-state index contributed by atoms with van der Waals surface area (Å²) in [6.07, 6.45) is 1.67. The van der Waals surface area contributed by atoms with Gasteiger partial charge in [-0.1, -0.05) is 37.1 Å². The van der Waals surface area contributed by atoms with Crippen molar-refractivity contribution in [1.29, 1.82) is 0 Å². The van der Waals surface area contributed by atoms with Gasteiger partial charge in [0.2, 0.25) is 5.95 Å². The third kappa shape index (κ3) is 5.17. The summed E-state index contributed by atoms with van der Waals surface area (Å²) in [5, 5.41) is 2.92. The van der Waals surface area contributed by atoms with E-state index in [9.17, 15) is 13.2 Å². The average molecular weight is 364 g/mol. The molecule has 1 N–H and O–H groups in total. The fourth-order valence-electron chi connectivity index (χ4n) is 3.20. The Morgan fingerprint density at radius 1 is 0.962 bits per heavy atom. The van der Waals surface area contributed by atoms with Crippen molar-refractivity contribution in [2.24, 2.45) is 0 Å². The van der Waals surface area contributed by atoms with Crippen LogP contribution in [0.1, 0.15) is 42.5 Å². The van der Waals surface area contributed by atoms with Gasteiger partial charge in [-0.25, -0.2) is 9.97 Å². The number of alkyl halides is 3. The fourth-order valence-corrected chi connectivity index (χ4v) is 3.20. The molecule has 0 saturated carbocycles. The minimum absolute atomic E-state index is 0.00981. The number of aromatic nitrogens is 2. The number of nitrogens with one attached hydrogen (secondary N) is 1. The van der Waals surface area contributed by atoms with Gasteiger partial charge in [0.1, 0.15) is 5.69 Å². The first-order valence-corrected chi connectivity index (χ1v) is 8.95. The minimum atomic E-state index is -4.47. The highest BCUT2D eigenvalue weighted by Gasteiger charge is 2.32.